The van der Waals surface area contributed by atoms with Crippen molar-refractivity contribution in [2.75, 3.05) is 40.4 Å². The molecule has 0 aromatic heterocycles. The number of rotatable bonds is 5. The summed E-state index contributed by atoms with van der Waals surface area (Å²) in [5.41, 5.74) is 0. The monoisotopic (exact) mass is 287 g/mol. The molecule has 0 bridgehead atoms. The van der Waals surface area contributed by atoms with Gasteiger partial charge in [-0.3, -0.25) is 9.59 Å². The Morgan fingerprint density at radius 2 is 1.95 bits per heavy atom. The first-order valence-electron chi connectivity index (χ1n) is 6.43. The maximum absolute atomic E-state index is 12.1. The normalized spacial score (nSPS) is 21.4. The van der Waals surface area contributed by atoms with Crippen LogP contribution in [-0.2, 0) is 14.3 Å². The number of hydrogen-bond donors (Lipinski definition) is 2. The number of urea groups is 1. The molecule has 1 aliphatic heterocycles. The molecule has 20 heavy (non-hydrogen) atoms. The molecule has 0 aliphatic carbocycles. The number of hydrogen-bond acceptors (Lipinski definition) is 4. The molecule has 1 fully saturated rings. The quantitative estimate of drug-likeness (QED) is 0.690. The summed E-state index contributed by atoms with van der Waals surface area (Å²) in [6.07, 6.45) is 0. The standard InChI is InChI=1S/C12H21N3O5/c1-4-15(5-10(16)14(2)3)12(19)13-9-7-20-6-8(9)11(17)18/h8-9H,4-7H2,1-3H3,(H,13,19)(H,17,18). The van der Waals surface area contributed by atoms with Crippen LogP contribution in [0.25, 0.3) is 0 Å². The third-order valence-electron chi connectivity index (χ3n) is 3.20. The molecule has 1 saturated heterocycles. The topological polar surface area (TPSA) is 99.2 Å². The summed E-state index contributed by atoms with van der Waals surface area (Å²) >= 11 is 0. The van der Waals surface area contributed by atoms with E-state index < -0.39 is 24.0 Å². The number of carbonyl (C=O) groups excluding carboxylic acids is 2. The molecule has 0 aromatic rings. The predicted octanol–water partition coefficient (Wildman–Crippen LogP) is -0.794. The molecule has 0 aromatic carbocycles. The molecule has 8 heteroatoms. The number of ether oxygens (including phenoxy) is 1. The first kappa shape index (κ1) is 16.2. The Morgan fingerprint density at radius 3 is 2.45 bits per heavy atom. The molecular weight excluding hydrogens is 266 g/mol. The number of nitrogens with zero attached hydrogens (tertiary/aromatic N) is 2. The lowest BCUT2D eigenvalue weighted by molar-refractivity contribution is -0.142. The molecule has 114 valence electrons. The largest absolute Gasteiger partial charge is 0.481 e. The fourth-order valence-corrected chi connectivity index (χ4v) is 1.82. The number of carbonyl (C=O) groups is 3. The van der Waals surface area contributed by atoms with Gasteiger partial charge in [0.25, 0.3) is 0 Å². The summed E-state index contributed by atoms with van der Waals surface area (Å²) in [7, 11) is 3.22. The Balaban J connectivity index is 2.59. The Kier molecular flexibility index (Phi) is 5.75. The van der Waals surface area contributed by atoms with Gasteiger partial charge in [-0.1, -0.05) is 0 Å². The van der Waals surface area contributed by atoms with Gasteiger partial charge in [-0.25, -0.2) is 4.79 Å². The third-order valence-corrected chi connectivity index (χ3v) is 3.20. The van der Waals surface area contributed by atoms with Crippen LogP contribution in [-0.4, -0.2) is 79.3 Å². The summed E-state index contributed by atoms with van der Waals surface area (Å²) in [6, 6.07) is -1.02. The van der Waals surface area contributed by atoms with E-state index in [9.17, 15) is 14.4 Å². The maximum atomic E-state index is 12.1. The van der Waals surface area contributed by atoms with Crippen molar-refractivity contribution >= 4 is 17.9 Å². The minimum absolute atomic E-state index is 0.0410. The van der Waals surface area contributed by atoms with Crippen molar-refractivity contribution in [3.8, 4) is 0 Å². The maximum Gasteiger partial charge on any atom is 0.318 e. The predicted molar refractivity (Wildman–Crippen MR) is 70.2 cm³/mol. The second-order valence-corrected chi connectivity index (χ2v) is 4.84. The molecule has 2 atom stereocenters. The van der Waals surface area contributed by atoms with Crippen LogP contribution in [0.4, 0.5) is 4.79 Å². The lowest BCUT2D eigenvalue weighted by Crippen LogP contribution is -2.51. The summed E-state index contributed by atoms with van der Waals surface area (Å²) in [5, 5.41) is 11.6. The van der Waals surface area contributed by atoms with Gasteiger partial charge >= 0.3 is 12.0 Å². The molecule has 0 spiro atoms. The van der Waals surface area contributed by atoms with Crippen molar-refractivity contribution in [3.05, 3.63) is 0 Å². The van der Waals surface area contributed by atoms with Crippen LogP contribution in [0.15, 0.2) is 0 Å². The van der Waals surface area contributed by atoms with E-state index in [0.717, 1.165) is 0 Å². The van der Waals surface area contributed by atoms with Crippen molar-refractivity contribution in [3.63, 3.8) is 0 Å². The molecule has 2 unspecified atom stereocenters. The molecule has 1 heterocycles. The lowest BCUT2D eigenvalue weighted by Gasteiger charge is -2.25. The van der Waals surface area contributed by atoms with E-state index in [4.69, 9.17) is 9.84 Å². The zero-order chi connectivity index (χ0) is 15.3. The SMILES string of the molecule is CCN(CC(=O)N(C)C)C(=O)NC1COCC1C(=O)O. The van der Waals surface area contributed by atoms with Crippen LogP contribution in [0.1, 0.15) is 6.92 Å². The second-order valence-electron chi connectivity index (χ2n) is 4.84. The van der Waals surface area contributed by atoms with Gasteiger partial charge in [-0.05, 0) is 6.92 Å². The van der Waals surface area contributed by atoms with E-state index in [1.807, 2.05) is 0 Å². The van der Waals surface area contributed by atoms with Crippen molar-refractivity contribution in [1.82, 2.24) is 15.1 Å². The lowest BCUT2D eigenvalue weighted by atomic mass is 10.0. The minimum atomic E-state index is -1.000. The summed E-state index contributed by atoms with van der Waals surface area (Å²) in [5.74, 6) is -1.94. The van der Waals surface area contributed by atoms with Crippen LogP contribution in [0.3, 0.4) is 0 Å². The summed E-state index contributed by atoms with van der Waals surface area (Å²) in [4.78, 5) is 37.4. The van der Waals surface area contributed by atoms with Crippen LogP contribution in [0.5, 0.6) is 0 Å². The van der Waals surface area contributed by atoms with Crippen molar-refractivity contribution < 1.29 is 24.2 Å². The number of aliphatic carboxylic acids is 1. The van der Waals surface area contributed by atoms with Crippen LogP contribution >= 0.6 is 0 Å². The Hall–Kier alpha value is -1.83. The van der Waals surface area contributed by atoms with E-state index in [-0.39, 0.29) is 25.7 Å². The van der Waals surface area contributed by atoms with Gasteiger partial charge < -0.3 is 25.0 Å². The zero-order valence-corrected chi connectivity index (χ0v) is 12.0. The van der Waals surface area contributed by atoms with Crippen LogP contribution in [0.2, 0.25) is 0 Å². The highest BCUT2D eigenvalue weighted by Gasteiger charge is 2.35. The van der Waals surface area contributed by atoms with Gasteiger partial charge in [-0.2, -0.15) is 0 Å². The van der Waals surface area contributed by atoms with E-state index in [2.05, 4.69) is 5.32 Å². The van der Waals surface area contributed by atoms with Crippen molar-refractivity contribution in [2.45, 2.75) is 13.0 Å². The van der Waals surface area contributed by atoms with Gasteiger partial charge in [0.1, 0.15) is 12.5 Å². The van der Waals surface area contributed by atoms with E-state index >= 15 is 0 Å². The number of amides is 3. The zero-order valence-electron chi connectivity index (χ0n) is 12.0. The first-order chi connectivity index (χ1) is 9.36. The number of carboxylic acids is 1. The first-order valence-corrected chi connectivity index (χ1v) is 6.43. The molecule has 1 aliphatic rings. The fraction of sp³-hybridized carbons (Fsp3) is 0.750. The smallest absolute Gasteiger partial charge is 0.318 e. The molecule has 8 nitrogen and oxygen atoms in total. The average molecular weight is 287 g/mol. The summed E-state index contributed by atoms with van der Waals surface area (Å²) in [6.45, 7) is 2.32. The van der Waals surface area contributed by atoms with E-state index in [1.165, 1.54) is 9.80 Å². The highest BCUT2D eigenvalue weighted by atomic mass is 16.5. The fourth-order valence-electron chi connectivity index (χ4n) is 1.82. The van der Waals surface area contributed by atoms with Gasteiger partial charge in [-0.15, -0.1) is 0 Å². The molecule has 0 radical (unpaired) electrons. The minimum Gasteiger partial charge on any atom is -0.481 e. The third kappa shape index (κ3) is 4.09. The van der Waals surface area contributed by atoms with Crippen LogP contribution < -0.4 is 5.32 Å². The van der Waals surface area contributed by atoms with Crippen molar-refractivity contribution in [2.24, 2.45) is 5.92 Å². The van der Waals surface area contributed by atoms with E-state index in [0.29, 0.717) is 6.54 Å². The molecular formula is C12H21N3O5. The highest BCUT2D eigenvalue weighted by molar-refractivity contribution is 5.84. The van der Waals surface area contributed by atoms with Gasteiger partial charge in [0, 0.05) is 20.6 Å². The summed E-state index contributed by atoms with van der Waals surface area (Å²) < 4.78 is 5.08. The number of carboxylic acid groups (broad SMARTS) is 1. The van der Waals surface area contributed by atoms with E-state index in [1.54, 1.807) is 21.0 Å². The van der Waals surface area contributed by atoms with Crippen LogP contribution in [0, 0.1) is 5.92 Å². The second kappa shape index (κ2) is 7.09. The van der Waals surface area contributed by atoms with Gasteiger partial charge in [0.2, 0.25) is 5.91 Å². The van der Waals surface area contributed by atoms with Gasteiger partial charge in [0.05, 0.1) is 19.3 Å². The van der Waals surface area contributed by atoms with Gasteiger partial charge in [0.15, 0.2) is 0 Å². The average Bonchev–Trinajstić information content (AvgIpc) is 2.83. The number of likely N-dealkylation sites (N-methyl/N-ethyl adjacent to an activating group) is 2. The Labute approximate surface area is 117 Å². The molecule has 0 saturated carbocycles. The number of nitrogens with one attached hydrogen (secondary N) is 1. The molecule has 2 N–H and O–H groups in total. The Bertz CT molecular complexity index is 385. The van der Waals surface area contributed by atoms with Crippen molar-refractivity contribution in [1.29, 1.82) is 0 Å². The highest BCUT2D eigenvalue weighted by Crippen LogP contribution is 2.14. The molecule has 1 rings (SSSR count). The molecule has 3 amide bonds. The Morgan fingerprint density at radius 1 is 1.30 bits per heavy atom.